The Hall–Kier alpha value is -0.940. The van der Waals surface area contributed by atoms with E-state index in [0.717, 1.165) is 12.1 Å². The maximum Gasteiger partial charge on any atom is 0.420 e. The van der Waals surface area contributed by atoms with E-state index in [-0.39, 0.29) is 0 Å². The Morgan fingerprint density at radius 2 is 1.94 bits per heavy atom. The molecule has 7 heteroatoms. The highest BCUT2D eigenvalue weighted by Gasteiger charge is 2.39. The molecule has 0 saturated carbocycles. The van der Waals surface area contributed by atoms with Gasteiger partial charge in [0.05, 0.1) is 16.5 Å². The van der Waals surface area contributed by atoms with Gasteiger partial charge in [-0.25, -0.2) is 0 Å². The monoisotopic (exact) mass is 272 g/mol. The van der Waals surface area contributed by atoms with Gasteiger partial charge in [0, 0.05) is 0 Å². The van der Waals surface area contributed by atoms with Gasteiger partial charge in [-0.1, -0.05) is 11.6 Å². The number of hydrogen-bond donors (Lipinski definition) is 1. The number of carbonyl (C=O) groups excluding carboxylic acids is 1. The Morgan fingerprint density at radius 1 is 1.38 bits per heavy atom. The number of aromatic hydroxyl groups is 1. The van der Waals surface area contributed by atoms with Gasteiger partial charge in [-0.05, 0) is 12.1 Å². The summed E-state index contributed by atoms with van der Waals surface area (Å²) in [6.45, 7) is 0. The van der Waals surface area contributed by atoms with Crippen LogP contribution in [0.4, 0.5) is 13.2 Å². The highest BCUT2D eigenvalue weighted by Crippen LogP contribution is 2.41. The van der Waals surface area contributed by atoms with E-state index < -0.39 is 39.7 Å². The van der Waals surface area contributed by atoms with Gasteiger partial charge in [0.25, 0.3) is 0 Å². The summed E-state index contributed by atoms with van der Waals surface area (Å²) >= 11 is 10.7. The number of phenolic OH excluding ortho intramolecular Hbond substituents is 1. The molecule has 0 saturated heterocycles. The quantitative estimate of drug-likeness (QED) is 0.661. The zero-order valence-corrected chi connectivity index (χ0v) is 9.12. The molecule has 0 aliphatic carbocycles. The summed E-state index contributed by atoms with van der Waals surface area (Å²) in [6, 6.07) is 1.78. The van der Waals surface area contributed by atoms with Crippen molar-refractivity contribution >= 4 is 29.0 Å². The van der Waals surface area contributed by atoms with Crippen molar-refractivity contribution in [2.45, 2.75) is 6.18 Å². The van der Waals surface area contributed by atoms with Crippen LogP contribution < -0.4 is 0 Å². The van der Waals surface area contributed by atoms with Crippen molar-refractivity contribution < 1.29 is 23.1 Å². The molecule has 0 aliphatic heterocycles. The van der Waals surface area contributed by atoms with Crippen LogP contribution in [-0.4, -0.2) is 16.8 Å². The first-order chi connectivity index (χ1) is 7.29. The van der Waals surface area contributed by atoms with E-state index in [0.29, 0.717) is 0 Å². The molecule has 0 fully saturated rings. The van der Waals surface area contributed by atoms with Crippen LogP contribution in [0.2, 0.25) is 5.02 Å². The molecule has 0 radical (unpaired) electrons. The van der Waals surface area contributed by atoms with E-state index in [4.69, 9.17) is 28.3 Å². The molecule has 2 nitrogen and oxygen atoms in total. The van der Waals surface area contributed by atoms with E-state index in [1.807, 2.05) is 0 Å². The van der Waals surface area contributed by atoms with Crippen molar-refractivity contribution in [1.29, 1.82) is 0 Å². The highest BCUT2D eigenvalue weighted by atomic mass is 35.5. The van der Waals surface area contributed by atoms with Crippen LogP contribution in [0.3, 0.4) is 0 Å². The fraction of sp³-hybridized carbons (Fsp3) is 0.222. The molecule has 16 heavy (non-hydrogen) atoms. The summed E-state index contributed by atoms with van der Waals surface area (Å²) in [6.07, 6.45) is -4.87. The van der Waals surface area contributed by atoms with Gasteiger partial charge in [-0.15, -0.1) is 11.6 Å². The lowest BCUT2D eigenvalue weighted by Crippen LogP contribution is -2.15. The first kappa shape index (κ1) is 13.1. The number of Topliss-reactive ketones (excluding diaryl/α,β-unsaturated/α-hetero) is 1. The zero-order chi connectivity index (χ0) is 12.5. The van der Waals surface area contributed by atoms with Crippen LogP contribution >= 0.6 is 23.2 Å². The standard InChI is InChI=1S/C9H5Cl2F3O2/c10-3-6(16)7-4(11)1-2-5(15)8(7)9(12,13)14/h1-2,15H,3H2. The Kier molecular flexibility index (Phi) is 3.70. The van der Waals surface area contributed by atoms with Gasteiger partial charge in [-0.2, -0.15) is 13.2 Å². The second-order valence-corrected chi connectivity index (χ2v) is 3.55. The molecule has 0 heterocycles. The van der Waals surface area contributed by atoms with Crippen LogP contribution in [-0.2, 0) is 6.18 Å². The van der Waals surface area contributed by atoms with E-state index >= 15 is 0 Å². The number of hydrogen-bond acceptors (Lipinski definition) is 2. The number of phenols is 1. The summed E-state index contributed by atoms with van der Waals surface area (Å²) in [5.74, 6) is -2.69. The van der Waals surface area contributed by atoms with Crippen molar-refractivity contribution in [1.82, 2.24) is 0 Å². The molecular formula is C9H5Cl2F3O2. The maximum atomic E-state index is 12.6. The summed E-state index contributed by atoms with van der Waals surface area (Å²) < 4.78 is 37.7. The van der Waals surface area contributed by atoms with Crippen LogP contribution in [0.15, 0.2) is 12.1 Å². The minimum Gasteiger partial charge on any atom is -0.507 e. The minimum atomic E-state index is -4.87. The van der Waals surface area contributed by atoms with Gasteiger partial charge >= 0.3 is 6.18 Å². The summed E-state index contributed by atoms with van der Waals surface area (Å²) in [5.41, 5.74) is -2.25. The molecule has 0 atom stereocenters. The third-order valence-corrected chi connectivity index (χ3v) is 2.37. The number of alkyl halides is 4. The Bertz CT molecular complexity index is 429. The highest BCUT2D eigenvalue weighted by molar-refractivity contribution is 6.37. The lowest BCUT2D eigenvalue weighted by Gasteiger charge is -2.14. The van der Waals surface area contributed by atoms with Gasteiger partial charge < -0.3 is 5.11 Å². The van der Waals surface area contributed by atoms with Crippen molar-refractivity contribution in [3.05, 3.63) is 28.3 Å². The van der Waals surface area contributed by atoms with Crippen molar-refractivity contribution in [2.75, 3.05) is 5.88 Å². The Morgan fingerprint density at radius 3 is 2.38 bits per heavy atom. The molecule has 88 valence electrons. The molecular weight excluding hydrogens is 268 g/mol. The molecule has 1 aromatic rings. The Labute approximate surface area is 98.6 Å². The molecule has 1 aromatic carbocycles. The minimum absolute atomic E-state index is 0.393. The number of ketones is 1. The predicted molar refractivity (Wildman–Crippen MR) is 53.2 cm³/mol. The van der Waals surface area contributed by atoms with Gasteiger partial charge in [0.2, 0.25) is 0 Å². The first-order valence-electron chi connectivity index (χ1n) is 3.97. The number of carbonyl (C=O) groups is 1. The molecule has 0 unspecified atom stereocenters. The van der Waals surface area contributed by atoms with Crippen molar-refractivity contribution in [3.63, 3.8) is 0 Å². The van der Waals surface area contributed by atoms with E-state index in [9.17, 15) is 18.0 Å². The fourth-order valence-corrected chi connectivity index (χ4v) is 1.59. The molecule has 1 rings (SSSR count). The third kappa shape index (κ3) is 2.41. The SMILES string of the molecule is O=C(CCl)c1c(Cl)ccc(O)c1C(F)(F)F. The maximum absolute atomic E-state index is 12.6. The van der Waals surface area contributed by atoms with Crippen LogP contribution in [0, 0.1) is 0 Å². The molecule has 0 aliphatic rings. The number of rotatable bonds is 2. The fourth-order valence-electron chi connectivity index (χ4n) is 1.19. The van der Waals surface area contributed by atoms with Gasteiger partial charge in [0.15, 0.2) is 5.78 Å². The van der Waals surface area contributed by atoms with Crippen LogP contribution in [0.5, 0.6) is 5.75 Å². The van der Waals surface area contributed by atoms with Crippen LogP contribution in [0.25, 0.3) is 0 Å². The molecule has 0 bridgehead atoms. The van der Waals surface area contributed by atoms with E-state index in [1.54, 1.807) is 0 Å². The second-order valence-electron chi connectivity index (χ2n) is 2.87. The summed E-state index contributed by atoms with van der Waals surface area (Å²) in [5, 5.41) is 8.73. The topological polar surface area (TPSA) is 37.3 Å². The lowest BCUT2D eigenvalue weighted by atomic mass is 10.0. The summed E-state index contributed by atoms with van der Waals surface area (Å²) in [7, 11) is 0. The third-order valence-electron chi connectivity index (χ3n) is 1.82. The summed E-state index contributed by atoms with van der Waals surface area (Å²) in [4.78, 5) is 11.2. The van der Waals surface area contributed by atoms with Gasteiger partial charge in [0.1, 0.15) is 11.3 Å². The Balaban J connectivity index is 3.56. The number of benzene rings is 1. The average Bonchev–Trinajstić information content (AvgIpc) is 2.18. The van der Waals surface area contributed by atoms with Crippen LogP contribution in [0.1, 0.15) is 15.9 Å². The molecule has 0 spiro atoms. The van der Waals surface area contributed by atoms with Crippen molar-refractivity contribution in [3.8, 4) is 5.75 Å². The molecule has 0 amide bonds. The van der Waals surface area contributed by atoms with E-state index in [2.05, 4.69) is 0 Å². The largest absolute Gasteiger partial charge is 0.507 e. The average molecular weight is 273 g/mol. The molecule has 0 aromatic heterocycles. The normalized spacial score (nSPS) is 11.6. The smallest absolute Gasteiger partial charge is 0.420 e. The zero-order valence-electron chi connectivity index (χ0n) is 7.61. The number of halogens is 5. The first-order valence-corrected chi connectivity index (χ1v) is 4.88. The van der Waals surface area contributed by atoms with E-state index in [1.165, 1.54) is 0 Å². The predicted octanol–water partition coefficient (Wildman–Crippen LogP) is 3.49. The van der Waals surface area contributed by atoms with Crippen molar-refractivity contribution in [2.24, 2.45) is 0 Å². The van der Waals surface area contributed by atoms with Gasteiger partial charge in [-0.3, -0.25) is 4.79 Å². The second kappa shape index (κ2) is 4.51. The lowest BCUT2D eigenvalue weighted by molar-refractivity contribution is -0.139. The molecule has 1 N–H and O–H groups in total.